The highest BCUT2D eigenvalue weighted by atomic mass is 16.5. The third-order valence-electron chi connectivity index (χ3n) is 3.78. The van der Waals surface area contributed by atoms with E-state index in [0.29, 0.717) is 11.6 Å². The number of nitrogens with zero attached hydrogens (tertiary/aromatic N) is 2. The normalized spacial score (nSPS) is 24.6. The molecule has 3 heteroatoms. The summed E-state index contributed by atoms with van der Waals surface area (Å²) in [5.74, 6) is 0. The summed E-state index contributed by atoms with van der Waals surface area (Å²) in [4.78, 5) is 4.96. The summed E-state index contributed by atoms with van der Waals surface area (Å²) < 4.78 is 5.73. The molecule has 0 saturated carbocycles. The second-order valence-electron chi connectivity index (χ2n) is 5.60. The molecule has 3 nitrogen and oxygen atoms in total. The summed E-state index contributed by atoms with van der Waals surface area (Å²) in [6.07, 6.45) is 1.51. The van der Waals surface area contributed by atoms with E-state index in [2.05, 4.69) is 44.5 Å². The molecule has 1 saturated heterocycles. The molecule has 1 aliphatic heterocycles. The Morgan fingerprint density at radius 3 is 2.56 bits per heavy atom. The maximum Gasteiger partial charge on any atom is 0.0597 e. The molecule has 1 fully saturated rings. The van der Waals surface area contributed by atoms with Crippen LogP contribution in [0.5, 0.6) is 0 Å². The highest BCUT2D eigenvalue weighted by Gasteiger charge is 2.30. The fourth-order valence-corrected chi connectivity index (χ4v) is 2.03. The van der Waals surface area contributed by atoms with Crippen molar-refractivity contribution in [2.75, 3.05) is 39.8 Å². The first-order chi connectivity index (χ1) is 7.45. The Morgan fingerprint density at radius 1 is 1.31 bits per heavy atom. The van der Waals surface area contributed by atoms with Gasteiger partial charge in [-0.3, -0.25) is 9.80 Å². The first kappa shape index (κ1) is 13.9. The predicted octanol–water partition coefficient (Wildman–Crippen LogP) is 1.83. The van der Waals surface area contributed by atoms with Gasteiger partial charge in [-0.05, 0) is 34.2 Å². The predicted molar refractivity (Wildman–Crippen MR) is 68.9 cm³/mol. The van der Waals surface area contributed by atoms with Crippen LogP contribution in [0.4, 0.5) is 0 Å². The number of hydrogen-bond donors (Lipinski definition) is 0. The van der Waals surface area contributed by atoms with Gasteiger partial charge in [0.2, 0.25) is 0 Å². The Labute approximate surface area is 101 Å². The van der Waals surface area contributed by atoms with Crippen molar-refractivity contribution in [1.29, 1.82) is 0 Å². The van der Waals surface area contributed by atoms with Gasteiger partial charge in [-0.1, -0.05) is 6.92 Å². The van der Waals surface area contributed by atoms with E-state index in [1.54, 1.807) is 0 Å². The summed E-state index contributed by atoms with van der Waals surface area (Å²) in [7, 11) is 2.22. The lowest BCUT2D eigenvalue weighted by Gasteiger charge is -2.45. The lowest BCUT2D eigenvalue weighted by molar-refractivity contribution is 0.00474. The Hall–Kier alpha value is -0.120. The van der Waals surface area contributed by atoms with Crippen molar-refractivity contribution in [3.63, 3.8) is 0 Å². The van der Waals surface area contributed by atoms with Gasteiger partial charge in [0.25, 0.3) is 0 Å². The molecule has 1 atom stereocenters. The summed E-state index contributed by atoms with van der Waals surface area (Å²) in [5, 5.41) is 0. The van der Waals surface area contributed by atoms with Crippen LogP contribution in [0.15, 0.2) is 0 Å². The molecule has 0 aromatic carbocycles. The van der Waals surface area contributed by atoms with E-state index in [1.165, 1.54) is 6.54 Å². The number of ether oxygens (including phenoxy) is 1. The molecule has 0 amide bonds. The molecule has 1 aliphatic rings. The maximum atomic E-state index is 5.73. The molecular weight excluding hydrogens is 200 g/mol. The van der Waals surface area contributed by atoms with Crippen molar-refractivity contribution < 1.29 is 4.74 Å². The van der Waals surface area contributed by atoms with Crippen LogP contribution in [0.25, 0.3) is 0 Å². The molecule has 0 aromatic heterocycles. The van der Waals surface area contributed by atoms with Crippen LogP contribution in [-0.4, -0.2) is 61.3 Å². The van der Waals surface area contributed by atoms with Crippen molar-refractivity contribution in [2.24, 2.45) is 0 Å². The second-order valence-corrected chi connectivity index (χ2v) is 5.60. The minimum atomic E-state index is 0.300. The molecule has 0 bridgehead atoms. The highest BCUT2D eigenvalue weighted by molar-refractivity contribution is 4.87. The zero-order chi connectivity index (χ0) is 12.2. The minimum absolute atomic E-state index is 0.300. The van der Waals surface area contributed by atoms with E-state index < -0.39 is 0 Å². The second kappa shape index (κ2) is 5.99. The standard InChI is InChI=1S/C13H28N2O/c1-6-12(2)16-10-9-15-8-7-14(5)13(3,4)11-15/h12H,6-11H2,1-5H3. The Morgan fingerprint density at radius 2 is 2.00 bits per heavy atom. The van der Waals surface area contributed by atoms with Crippen molar-refractivity contribution >= 4 is 0 Å². The van der Waals surface area contributed by atoms with E-state index >= 15 is 0 Å². The highest BCUT2D eigenvalue weighted by Crippen LogP contribution is 2.18. The fourth-order valence-electron chi connectivity index (χ4n) is 2.03. The lowest BCUT2D eigenvalue weighted by atomic mass is 10.00. The van der Waals surface area contributed by atoms with Gasteiger partial charge < -0.3 is 4.74 Å². The summed E-state index contributed by atoms with van der Waals surface area (Å²) >= 11 is 0. The molecule has 16 heavy (non-hydrogen) atoms. The topological polar surface area (TPSA) is 15.7 Å². The summed E-state index contributed by atoms with van der Waals surface area (Å²) in [6.45, 7) is 14.4. The monoisotopic (exact) mass is 228 g/mol. The van der Waals surface area contributed by atoms with E-state index in [0.717, 1.165) is 32.7 Å². The van der Waals surface area contributed by atoms with Crippen LogP contribution in [0.1, 0.15) is 34.1 Å². The van der Waals surface area contributed by atoms with Crippen LogP contribution in [-0.2, 0) is 4.74 Å². The van der Waals surface area contributed by atoms with Gasteiger partial charge in [-0.15, -0.1) is 0 Å². The maximum absolute atomic E-state index is 5.73. The van der Waals surface area contributed by atoms with Crippen molar-refractivity contribution in [3.8, 4) is 0 Å². The van der Waals surface area contributed by atoms with Crippen molar-refractivity contribution in [1.82, 2.24) is 9.80 Å². The molecule has 0 radical (unpaired) electrons. The first-order valence-corrected chi connectivity index (χ1v) is 6.51. The Bertz CT molecular complexity index is 206. The quantitative estimate of drug-likeness (QED) is 0.714. The zero-order valence-corrected chi connectivity index (χ0v) is 11.6. The number of rotatable bonds is 5. The van der Waals surface area contributed by atoms with Crippen LogP contribution < -0.4 is 0 Å². The van der Waals surface area contributed by atoms with Gasteiger partial charge in [0.1, 0.15) is 0 Å². The molecule has 1 unspecified atom stereocenters. The molecule has 1 rings (SSSR count). The molecule has 0 spiro atoms. The van der Waals surface area contributed by atoms with Crippen LogP contribution in [0.2, 0.25) is 0 Å². The lowest BCUT2D eigenvalue weighted by Crippen LogP contribution is -2.58. The van der Waals surface area contributed by atoms with Gasteiger partial charge in [-0.2, -0.15) is 0 Å². The van der Waals surface area contributed by atoms with Gasteiger partial charge >= 0.3 is 0 Å². The van der Waals surface area contributed by atoms with E-state index in [4.69, 9.17) is 4.74 Å². The number of piperazine rings is 1. The molecule has 96 valence electrons. The fraction of sp³-hybridized carbons (Fsp3) is 1.00. The first-order valence-electron chi connectivity index (χ1n) is 6.51. The molecule has 0 aliphatic carbocycles. The van der Waals surface area contributed by atoms with Crippen LogP contribution >= 0.6 is 0 Å². The third kappa shape index (κ3) is 4.04. The molecule has 0 aromatic rings. The number of likely N-dealkylation sites (N-methyl/N-ethyl adjacent to an activating group) is 1. The smallest absolute Gasteiger partial charge is 0.0597 e. The average molecular weight is 228 g/mol. The van der Waals surface area contributed by atoms with Crippen molar-refractivity contribution in [2.45, 2.75) is 45.8 Å². The van der Waals surface area contributed by atoms with Crippen molar-refractivity contribution in [3.05, 3.63) is 0 Å². The van der Waals surface area contributed by atoms with Gasteiger partial charge in [0.05, 0.1) is 12.7 Å². The van der Waals surface area contributed by atoms with Crippen LogP contribution in [0.3, 0.4) is 0 Å². The van der Waals surface area contributed by atoms with Gasteiger partial charge in [0, 0.05) is 31.7 Å². The third-order valence-corrected chi connectivity index (χ3v) is 3.78. The SMILES string of the molecule is CCC(C)OCCN1CCN(C)C(C)(C)C1. The minimum Gasteiger partial charge on any atom is -0.377 e. The molecule has 1 heterocycles. The molecular formula is C13H28N2O. The zero-order valence-electron chi connectivity index (χ0n) is 11.6. The Kier molecular flexibility index (Phi) is 5.22. The van der Waals surface area contributed by atoms with Gasteiger partial charge in [-0.25, -0.2) is 0 Å². The van der Waals surface area contributed by atoms with Gasteiger partial charge in [0.15, 0.2) is 0 Å². The average Bonchev–Trinajstić information content (AvgIpc) is 2.22. The van der Waals surface area contributed by atoms with E-state index in [-0.39, 0.29) is 0 Å². The van der Waals surface area contributed by atoms with E-state index in [9.17, 15) is 0 Å². The van der Waals surface area contributed by atoms with Crippen LogP contribution in [0, 0.1) is 0 Å². The summed E-state index contributed by atoms with van der Waals surface area (Å²) in [5.41, 5.74) is 0.300. The largest absolute Gasteiger partial charge is 0.377 e. The molecule has 0 N–H and O–H groups in total. The Balaban J connectivity index is 2.24. The summed E-state index contributed by atoms with van der Waals surface area (Å²) in [6, 6.07) is 0. The number of hydrogen-bond acceptors (Lipinski definition) is 3. The van der Waals surface area contributed by atoms with E-state index in [1.807, 2.05) is 0 Å².